The van der Waals surface area contributed by atoms with Crippen LogP contribution in [-0.4, -0.2) is 49.7 Å². The van der Waals surface area contributed by atoms with Crippen LogP contribution < -0.4 is 15.1 Å². The summed E-state index contributed by atoms with van der Waals surface area (Å²) < 4.78 is 0. The van der Waals surface area contributed by atoms with Crippen LogP contribution in [-0.2, 0) is 0 Å². The molecule has 2 aromatic rings. The molecule has 4 rings (SSSR count). The summed E-state index contributed by atoms with van der Waals surface area (Å²) in [6.45, 7) is 8.65. The molecular formula is C25H32N4O2. The molecule has 0 aromatic heterocycles. The third-order valence-corrected chi connectivity index (χ3v) is 6.43. The van der Waals surface area contributed by atoms with Gasteiger partial charge in [-0.1, -0.05) is 45.0 Å². The minimum absolute atomic E-state index is 0.0300. The van der Waals surface area contributed by atoms with Gasteiger partial charge in [0.05, 0.1) is 0 Å². The smallest absolute Gasteiger partial charge is 0.324 e. The van der Waals surface area contributed by atoms with Crippen LogP contribution in [0.15, 0.2) is 48.5 Å². The lowest BCUT2D eigenvalue weighted by atomic mass is 9.93. The standard InChI is InChI=1S/C25H32N4O2/c1-17(2)19-7-5-10-23(14-19)29-16-21(26-24(29)30)13-18(3)20-8-6-9-22(15-20)28-12-11-27(4)25(28)31/h5-10,14-15,17-18,21H,11-13,16H2,1-4H3,(H,26,30). The topological polar surface area (TPSA) is 55.9 Å². The third kappa shape index (κ3) is 4.38. The van der Waals surface area contributed by atoms with Gasteiger partial charge in [0.1, 0.15) is 0 Å². The Kier molecular flexibility index (Phi) is 5.90. The van der Waals surface area contributed by atoms with Gasteiger partial charge in [0.15, 0.2) is 0 Å². The van der Waals surface area contributed by atoms with Crippen molar-refractivity contribution in [1.82, 2.24) is 10.2 Å². The molecule has 0 bridgehead atoms. The second-order valence-electron chi connectivity index (χ2n) is 9.09. The van der Waals surface area contributed by atoms with Gasteiger partial charge in [-0.15, -0.1) is 0 Å². The number of benzene rings is 2. The fourth-order valence-corrected chi connectivity index (χ4v) is 4.46. The Hall–Kier alpha value is -3.02. The summed E-state index contributed by atoms with van der Waals surface area (Å²) in [6.07, 6.45) is 0.851. The Bertz CT molecular complexity index is 973. The molecule has 1 N–H and O–H groups in total. The van der Waals surface area contributed by atoms with Crippen molar-refractivity contribution >= 4 is 23.4 Å². The van der Waals surface area contributed by atoms with Gasteiger partial charge < -0.3 is 10.2 Å². The molecule has 2 aliphatic heterocycles. The molecule has 0 radical (unpaired) electrons. The van der Waals surface area contributed by atoms with Crippen molar-refractivity contribution in [2.45, 2.75) is 45.1 Å². The first-order valence-electron chi connectivity index (χ1n) is 11.1. The summed E-state index contributed by atoms with van der Waals surface area (Å²) >= 11 is 0. The van der Waals surface area contributed by atoms with Crippen LogP contribution in [0.1, 0.15) is 50.2 Å². The van der Waals surface area contributed by atoms with E-state index in [9.17, 15) is 9.59 Å². The van der Waals surface area contributed by atoms with E-state index in [1.54, 1.807) is 4.90 Å². The highest BCUT2D eigenvalue weighted by Crippen LogP contribution is 2.29. The number of nitrogens with one attached hydrogen (secondary N) is 1. The quantitative estimate of drug-likeness (QED) is 0.732. The molecule has 2 aromatic carbocycles. The first kappa shape index (κ1) is 21.2. The maximum Gasteiger partial charge on any atom is 0.324 e. The molecule has 164 valence electrons. The van der Waals surface area contributed by atoms with E-state index in [0.717, 1.165) is 30.9 Å². The van der Waals surface area contributed by atoms with Crippen LogP contribution >= 0.6 is 0 Å². The fraction of sp³-hybridized carbons (Fsp3) is 0.440. The average molecular weight is 421 g/mol. The van der Waals surface area contributed by atoms with E-state index in [2.05, 4.69) is 50.4 Å². The fourth-order valence-electron chi connectivity index (χ4n) is 4.46. The summed E-state index contributed by atoms with van der Waals surface area (Å²) in [5, 5.41) is 3.15. The number of carbonyl (C=O) groups excluding carboxylic acids is 2. The first-order chi connectivity index (χ1) is 14.8. The largest absolute Gasteiger partial charge is 0.333 e. The molecule has 6 nitrogen and oxygen atoms in total. The molecule has 2 aliphatic rings. The van der Waals surface area contributed by atoms with Crippen LogP contribution in [0.3, 0.4) is 0 Å². The van der Waals surface area contributed by atoms with Gasteiger partial charge in [0.25, 0.3) is 0 Å². The Morgan fingerprint density at radius 2 is 1.58 bits per heavy atom. The predicted octanol–water partition coefficient (Wildman–Crippen LogP) is 4.77. The molecule has 4 amide bonds. The van der Waals surface area contributed by atoms with E-state index in [0.29, 0.717) is 12.5 Å². The van der Waals surface area contributed by atoms with Gasteiger partial charge >= 0.3 is 12.1 Å². The van der Waals surface area contributed by atoms with Crippen molar-refractivity contribution in [3.8, 4) is 0 Å². The van der Waals surface area contributed by atoms with Gasteiger partial charge in [-0.05, 0) is 53.6 Å². The van der Waals surface area contributed by atoms with E-state index >= 15 is 0 Å². The second-order valence-corrected chi connectivity index (χ2v) is 9.09. The van der Waals surface area contributed by atoms with Crippen molar-refractivity contribution in [3.63, 3.8) is 0 Å². The molecule has 2 heterocycles. The van der Waals surface area contributed by atoms with Crippen molar-refractivity contribution in [3.05, 3.63) is 59.7 Å². The molecule has 2 unspecified atom stereocenters. The van der Waals surface area contributed by atoms with E-state index in [1.165, 1.54) is 11.1 Å². The van der Waals surface area contributed by atoms with Crippen LogP contribution in [0.2, 0.25) is 0 Å². The molecule has 0 saturated carbocycles. The average Bonchev–Trinajstić information content (AvgIpc) is 3.29. The number of anilines is 2. The summed E-state index contributed by atoms with van der Waals surface area (Å²) in [5.41, 5.74) is 4.33. The highest BCUT2D eigenvalue weighted by atomic mass is 16.2. The van der Waals surface area contributed by atoms with E-state index in [1.807, 2.05) is 41.1 Å². The molecule has 31 heavy (non-hydrogen) atoms. The maximum absolute atomic E-state index is 12.6. The van der Waals surface area contributed by atoms with Crippen molar-refractivity contribution < 1.29 is 9.59 Å². The molecule has 2 saturated heterocycles. The van der Waals surface area contributed by atoms with Gasteiger partial charge in [0.2, 0.25) is 0 Å². The minimum Gasteiger partial charge on any atom is -0.333 e. The second kappa shape index (κ2) is 8.61. The summed E-state index contributed by atoms with van der Waals surface area (Å²) in [4.78, 5) is 30.4. The molecule has 6 heteroatoms. The number of carbonyl (C=O) groups is 2. The normalized spacial score (nSPS) is 20.0. The summed E-state index contributed by atoms with van der Waals surface area (Å²) in [5.74, 6) is 0.693. The minimum atomic E-state index is -0.0300. The van der Waals surface area contributed by atoms with Crippen LogP contribution in [0.25, 0.3) is 0 Å². The highest BCUT2D eigenvalue weighted by Gasteiger charge is 2.31. The summed E-state index contributed by atoms with van der Waals surface area (Å²) in [6, 6.07) is 16.6. The van der Waals surface area contributed by atoms with Gasteiger partial charge in [-0.25, -0.2) is 9.59 Å². The van der Waals surface area contributed by atoms with E-state index in [4.69, 9.17) is 0 Å². The number of urea groups is 2. The van der Waals surface area contributed by atoms with Crippen molar-refractivity contribution in [2.24, 2.45) is 0 Å². The number of hydrogen-bond acceptors (Lipinski definition) is 2. The van der Waals surface area contributed by atoms with Gasteiger partial charge in [0, 0.05) is 44.1 Å². The van der Waals surface area contributed by atoms with Crippen LogP contribution in [0.5, 0.6) is 0 Å². The Labute approximate surface area is 184 Å². The molecule has 2 atom stereocenters. The Morgan fingerprint density at radius 1 is 0.935 bits per heavy atom. The Morgan fingerprint density at radius 3 is 2.23 bits per heavy atom. The number of nitrogens with zero attached hydrogens (tertiary/aromatic N) is 3. The number of likely N-dealkylation sites (N-methyl/N-ethyl adjacent to an activating group) is 1. The monoisotopic (exact) mass is 420 g/mol. The van der Waals surface area contributed by atoms with Crippen molar-refractivity contribution in [2.75, 3.05) is 36.5 Å². The third-order valence-electron chi connectivity index (χ3n) is 6.43. The molecule has 0 spiro atoms. The zero-order valence-corrected chi connectivity index (χ0v) is 18.8. The van der Waals surface area contributed by atoms with E-state index in [-0.39, 0.29) is 24.0 Å². The number of amides is 4. The molecule has 0 aliphatic carbocycles. The molecular weight excluding hydrogens is 388 g/mol. The Balaban J connectivity index is 1.43. The van der Waals surface area contributed by atoms with E-state index < -0.39 is 0 Å². The molecule has 2 fully saturated rings. The maximum atomic E-state index is 12.6. The lowest BCUT2D eigenvalue weighted by molar-refractivity contribution is 0.229. The number of rotatable bonds is 6. The van der Waals surface area contributed by atoms with Crippen LogP contribution in [0.4, 0.5) is 21.0 Å². The first-order valence-corrected chi connectivity index (χ1v) is 11.1. The SMILES string of the molecule is CC(C)c1cccc(N2CC(CC(C)c3cccc(N4CCN(C)C4=O)c3)NC2=O)c1. The van der Waals surface area contributed by atoms with Gasteiger partial charge in [-0.3, -0.25) is 9.80 Å². The van der Waals surface area contributed by atoms with Crippen molar-refractivity contribution in [1.29, 1.82) is 0 Å². The summed E-state index contributed by atoms with van der Waals surface area (Å²) in [7, 11) is 1.83. The van der Waals surface area contributed by atoms with Gasteiger partial charge in [-0.2, -0.15) is 0 Å². The van der Waals surface area contributed by atoms with Crippen LogP contribution in [0, 0.1) is 0 Å². The highest BCUT2D eigenvalue weighted by molar-refractivity contribution is 5.95. The number of hydrogen-bond donors (Lipinski definition) is 1. The zero-order valence-electron chi connectivity index (χ0n) is 18.8. The zero-order chi connectivity index (χ0) is 22.1. The lowest BCUT2D eigenvalue weighted by Gasteiger charge is -2.21. The lowest BCUT2D eigenvalue weighted by Crippen LogP contribution is -2.29. The predicted molar refractivity (Wildman–Crippen MR) is 125 cm³/mol.